The molecular weight excluding hydrogens is 302 g/mol. The van der Waals surface area contributed by atoms with Crippen LogP contribution in [0.15, 0.2) is 4.99 Å². The van der Waals surface area contributed by atoms with Gasteiger partial charge in [-0.2, -0.15) is 0 Å². The molecule has 5 nitrogen and oxygen atoms in total. The molecule has 0 spiro atoms. The van der Waals surface area contributed by atoms with E-state index in [1.165, 1.54) is 6.42 Å². The molecule has 0 aromatic heterocycles. The molecule has 2 aliphatic rings. The zero-order valence-electron chi connectivity index (χ0n) is 16.3. The van der Waals surface area contributed by atoms with Crippen molar-refractivity contribution in [2.45, 2.75) is 53.1 Å². The van der Waals surface area contributed by atoms with E-state index < -0.39 is 0 Å². The van der Waals surface area contributed by atoms with Crippen LogP contribution in [0.25, 0.3) is 0 Å². The minimum Gasteiger partial charge on any atom is -0.381 e. The Morgan fingerprint density at radius 3 is 2.67 bits per heavy atom. The second kappa shape index (κ2) is 9.04. The molecule has 0 bridgehead atoms. The normalized spacial score (nSPS) is 28.9. The van der Waals surface area contributed by atoms with Crippen molar-refractivity contribution in [3.8, 4) is 0 Å². The molecule has 3 atom stereocenters. The molecule has 24 heavy (non-hydrogen) atoms. The third-order valence-corrected chi connectivity index (χ3v) is 5.03. The molecule has 0 aliphatic carbocycles. The molecule has 140 valence electrons. The molecule has 0 amide bonds. The zero-order chi connectivity index (χ0) is 17.6. The maximum absolute atomic E-state index is 6.10. The topological polar surface area (TPSA) is 46.1 Å². The fraction of sp³-hybridized carbons (Fsp3) is 0.947. The Hall–Kier alpha value is -0.810. The maximum Gasteiger partial charge on any atom is 0.193 e. The van der Waals surface area contributed by atoms with Crippen molar-refractivity contribution in [1.29, 1.82) is 0 Å². The molecule has 2 rings (SSSR count). The standard InChI is InChI=1S/C19H37N3O2/c1-6-20-18(22(5)13-15-9-11-23-14-15)21-12-16-8-7-10-24-17(16)19(2,3)4/h15-17H,6-14H2,1-5H3,(H,20,21). The van der Waals surface area contributed by atoms with Gasteiger partial charge in [0.2, 0.25) is 0 Å². The van der Waals surface area contributed by atoms with Crippen LogP contribution in [-0.2, 0) is 9.47 Å². The highest BCUT2D eigenvalue weighted by Gasteiger charge is 2.35. The van der Waals surface area contributed by atoms with E-state index in [0.29, 0.717) is 17.9 Å². The molecule has 2 fully saturated rings. The highest BCUT2D eigenvalue weighted by Crippen LogP contribution is 2.34. The second-order valence-electron chi connectivity index (χ2n) is 8.36. The van der Waals surface area contributed by atoms with Gasteiger partial charge in [-0.05, 0) is 31.6 Å². The summed E-state index contributed by atoms with van der Waals surface area (Å²) in [4.78, 5) is 7.22. The average Bonchev–Trinajstić information content (AvgIpc) is 3.03. The third-order valence-electron chi connectivity index (χ3n) is 5.03. The summed E-state index contributed by atoms with van der Waals surface area (Å²) in [5, 5.41) is 3.44. The minimum atomic E-state index is 0.173. The van der Waals surface area contributed by atoms with E-state index in [9.17, 15) is 0 Å². The summed E-state index contributed by atoms with van der Waals surface area (Å²) in [7, 11) is 2.14. The average molecular weight is 340 g/mol. The quantitative estimate of drug-likeness (QED) is 0.618. The Kier molecular flexibility index (Phi) is 7.35. The van der Waals surface area contributed by atoms with Gasteiger partial charge in [-0.15, -0.1) is 0 Å². The molecule has 0 aromatic carbocycles. The Morgan fingerprint density at radius 1 is 1.25 bits per heavy atom. The molecular formula is C19H37N3O2. The van der Waals surface area contributed by atoms with E-state index in [-0.39, 0.29) is 5.41 Å². The van der Waals surface area contributed by atoms with Crippen LogP contribution in [0.2, 0.25) is 0 Å². The minimum absolute atomic E-state index is 0.173. The maximum atomic E-state index is 6.10. The monoisotopic (exact) mass is 339 g/mol. The molecule has 2 saturated heterocycles. The molecule has 2 heterocycles. The summed E-state index contributed by atoms with van der Waals surface area (Å²) in [6, 6.07) is 0. The SMILES string of the molecule is CCNC(=NCC1CCCOC1C(C)(C)C)N(C)CC1CCOC1. The lowest BCUT2D eigenvalue weighted by molar-refractivity contribution is -0.0824. The summed E-state index contributed by atoms with van der Waals surface area (Å²) in [6.07, 6.45) is 3.82. The lowest BCUT2D eigenvalue weighted by atomic mass is 9.78. The van der Waals surface area contributed by atoms with E-state index in [0.717, 1.165) is 58.3 Å². The Labute approximate surface area is 148 Å². The zero-order valence-corrected chi connectivity index (χ0v) is 16.3. The fourth-order valence-electron chi connectivity index (χ4n) is 3.86. The van der Waals surface area contributed by atoms with Gasteiger partial charge >= 0.3 is 0 Å². The van der Waals surface area contributed by atoms with Crippen LogP contribution < -0.4 is 5.32 Å². The summed E-state index contributed by atoms with van der Waals surface area (Å²) in [5.74, 6) is 2.15. The van der Waals surface area contributed by atoms with Gasteiger partial charge in [0.05, 0.1) is 12.7 Å². The van der Waals surface area contributed by atoms with Crippen molar-refractivity contribution in [2.24, 2.45) is 22.2 Å². The molecule has 5 heteroatoms. The molecule has 3 unspecified atom stereocenters. The molecule has 2 aliphatic heterocycles. The first-order valence-corrected chi connectivity index (χ1v) is 9.60. The van der Waals surface area contributed by atoms with Gasteiger partial charge in [0.1, 0.15) is 0 Å². The fourth-order valence-corrected chi connectivity index (χ4v) is 3.86. The molecule has 0 saturated carbocycles. The highest BCUT2D eigenvalue weighted by molar-refractivity contribution is 5.79. The summed E-state index contributed by atoms with van der Waals surface area (Å²) in [5.41, 5.74) is 0.173. The highest BCUT2D eigenvalue weighted by atomic mass is 16.5. The number of guanidine groups is 1. The van der Waals surface area contributed by atoms with Crippen molar-refractivity contribution in [3.05, 3.63) is 0 Å². The van der Waals surface area contributed by atoms with Crippen LogP contribution in [-0.4, -0.2) is 63.5 Å². The third kappa shape index (κ3) is 5.62. The smallest absolute Gasteiger partial charge is 0.193 e. The number of rotatable bonds is 5. The number of hydrogen-bond donors (Lipinski definition) is 1. The van der Waals surface area contributed by atoms with E-state index in [4.69, 9.17) is 14.5 Å². The Bertz CT molecular complexity index is 400. The van der Waals surface area contributed by atoms with Crippen LogP contribution in [0.4, 0.5) is 0 Å². The lowest BCUT2D eigenvalue weighted by Crippen LogP contribution is -2.44. The van der Waals surface area contributed by atoms with Crippen LogP contribution in [0.5, 0.6) is 0 Å². The van der Waals surface area contributed by atoms with E-state index >= 15 is 0 Å². The predicted octanol–water partition coefficient (Wildman–Crippen LogP) is 2.76. The van der Waals surface area contributed by atoms with Gasteiger partial charge in [0.15, 0.2) is 5.96 Å². The van der Waals surface area contributed by atoms with Crippen LogP contribution in [0, 0.1) is 17.3 Å². The van der Waals surface area contributed by atoms with Gasteiger partial charge in [0, 0.05) is 51.7 Å². The second-order valence-corrected chi connectivity index (χ2v) is 8.36. The van der Waals surface area contributed by atoms with Gasteiger partial charge in [-0.1, -0.05) is 20.8 Å². The number of hydrogen-bond acceptors (Lipinski definition) is 3. The van der Waals surface area contributed by atoms with Crippen LogP contribution >= 0.6 is 0 Å². The predicted molar refractivity (Wildman–Crippen MR) is 99.5 cm³/mol. The molecule has 0 aromatic rings. The number of aliphatic imine (C=N–C) groups is 1. The Balaban J connectivity index is 1.97. The van der Waals surface area contributed by atoms with Crippen molar-refractivity contribution in [2.75, 3.05) is 46.5 Å². The van der Waals surface area contributed by atoms with Crippen LogP contribution in [0.3, 0.4) is 0 Å². The summed E-state index contributed by atoms with van der Waals surface area (Å²) in [6.45, 7) is 14.4. The van der Waals surface area contributed by atoms with Crippen molar-refractivity contribution in [1.82, 2.24) is 10.2 Å². The lowest BCUT2D eigenvalue weighted by Gasteiger charge is -2.39. The van der Waals surface area contributed by atoms with E-state index in [1.54, 1.807) is 0 Å². The number of nitrogens with zero attached hydrogens (tertiary/aromatic N) is 2. The molecule has 0 radical (unpaired) electrons. The van der Waals surface area contributed by atoms with Gasteiger partial charge < -0.3 is 19.7 Å². The first-order chi connectivity index (χ1) is 11.4. The largest absolute Gasteiger partial charge is 0.381 e. The van der Waals surface area contributed by atoms with Gasteiger partial charge in [-0.25, -0.2) is 0 Å². The Morgan fingerprint density at radius 2 is 2.04 bits per heavy atom. The first kappa shape index (κ1) is 19.5. The van der Waals surface area contributed by atoms with Crippen molar-refractivity contribution in [3.63, 3.8) is 0 Å². The summed E-state index contributed by atoms with van der Waals surface area (Å²) < 4.78 is 11.6. The van der Waals surface area contributed by atoms with Gasteiger partial charge in [0.25, 0.3) is 0 Å². The van der Waals surface area contributed by atoms with Gasteiger partial charge in [-0.3, -0.25) is 4.99 Å². The van der Waals surface area contributed by atoms with Crippen molar-refractivity contribution >= 4 is 5.96 Å². The van der Waals surface area contributed by atoms with Crippen molar-refractivity contribution < 1.29 is 9.47 Å². The van der Waals surface area contributed by atoms with E-state index in [2.05, 4.69) is 45.0 Å². The van der Waals surface area contributed by atoms with Crippen LogP contribution in [0.1, 0.15) is 47.0 Å². The number of nitrogens with one attached hydrogen (secondary N) is 1. The summed E-state index contributed by atoms with van der Waals surface area (Å²) >= 11 is 0. The number of ether oxygens (including phenoxy) is 2. The first-order valence-electron chi connectivity index (χ1n) is 9.60. The molecule has 1 N–H and O–H groups in total. The van der Waals surface area contributed by atoms with E-state index in [1.807, 2.05) is 0 Å².